The number of nitrogens with one attached hydrogen (secondary N) is 1. The van der Waals surface area contributed by atoms with Crippen molar-refractivity contribution in [3.8, 4) is 11.3 Å². The largest absolute Gasteiger partial charge is 0.444 e. The third-order valence-electron chi connectivity index (χ3n) is 4.25. The zero-order chi connectivity index (χ0) is 18.2. The monoisotopic (exact) mass is 405 g/mol. The summed E-state index contributed by atoms with van der Waals surface area (Å²) in [5, 5.41) is 0. The van der Waals surface area contributed by atoms with Crippen molar-refractivity contribution in [3.63, 3.8) is 0 Å². The van der Waals surface area contributed by atoms with E-state index >= 15 is 0 Å². The van der Waals surface area contributed by atoms with Crippen molar-refractivity contribution in [2.75, 3.05) is 6.54 Å². The maximum absolute atomic E-state index is 12.5. The fraction of sp³-hybridized carbons (Fsp3) is 0.474. The van der Waals surface area contributed by atoms with E-state index in [-0.39, 0.29) is 12.1 Å². The lowest BCUT2D eigenvalue weighted by molar-refractivity contribution is 0.0219. The van der Waals surface area contributed by atoms with Crippen molar-refractivity contribution in [1.82, 2.24) is 14.9 Å². The first-order valence-corrected chi connectivity index (χ1v) is 9.35. The van der Waals surface area contributed by atoms with Gasteiger partial charge in [0.05, 0.1) is 11.7 Å². The van der Waals surface area contributed by atoms with Crippen LogP contribution in [0, 0.1) is 6.92 Å². The lowest BCUT2D eigenvalue weighted by Crippen LogP contribution is -2.36. The number of benzene rings is 1. The van der Waals surface area contributed by atoms with Crippen LogP contribution in [0.5, 0.6) is 0 Å². The summed E-state index contributed by atoms with van der Waals surface area (Å²) >= 11 is 3.52. The quantitative estimate of drug-likeness (QED) is 0.744. The van der Waals surface area contributed by atoms with Gasteiger partial charge in [-0.15, -0.1) is 0 Å². The van der Waals surface area contributed by atoms with Crippen molar-refractivity contribution in [1.29, 1.82) is 0 Å². The summed E-state index contributed by atoms with van der Waals surface area (Å²) in [5.74, 6) is 0.818. The predicted molar refractivity (Wildman–Crippen MR) is 101 cm³/mol. The average Bonchev–Trinajstić information content (AvgIpc) is 3.16. The molecule has 1 aliphatic rings. The van der Waals surface area contributed by atoms with Crippen LogP contribution < -0.4 is 0 Å². The average molecular weight is 406 g/mol. The topological polar surface area (TPSA) is 58.2 Å². The van der Waals surface area contributed by atoms with Gasteiger partial charge in [-0.1, -0.05) is 22.0 Å². The van der Waals surface area contributed by atoms with Crippen LogP contribution in [-0.4, -0.2) is 33.1 Å². The number of H-pyrrole nitrogens is 1. The van der Waals surface area contributed by atoms with E-state index in [4.69, 9.17) is 9.72 Å². The summed E-state index contributed by atoms with van der Waals surface area (Å²) in [7, 11) is 0. The molecule has 6 heteroatoms. The lowest BCUT2D eigenvalue weighted by atomic mass is 10.1. The summed E-state index contributed by atoms with van der Waals surface area (Å²) in [5.41, 5.74) is 2.62. The van der Waals surface area contributed by atoms with Gasteiger partial charge in [-0.2, -0.15) is 0 Å². The predicted octanol–water partition coefficient (Wildman–Crippen LogP) is 5.22. The Morgan fingerprint density at radius 1 is 1.40 bits per heavy atom. The summed E-state index contributed by atoms with van der Waals surface area (Å²) < 4.78 is 6.62. The highest BCUT2D eigenvalue weighted by Gasteiger charge is 2.34. The summed E-state index contributed by atoms with van der Waals surface area (Å²) in [6, 6.07) is 6.11. The molecule has 1 amide bonds. The van der Waals surface area contributed by atoms with Crippen molar-refractivity contribution in [3.05, 3.63) is 40.3 Å². The van der Waals surface area contributed by atoms with Crippen molar-refractivity contribution < 1.29 is 9.53 Å². The Bertz CT molecular complexity index is 779. The Balaban J connectivity index is 1.81. The molecule has 0 spiro atoms. The van der Waals surface area contributed by atoms with Crippen molar-refractivity contribution in [2.24, 2.45) is 0 Å². The van der Waals surface area contributed by atoms with Gasteiger partial charge in [-0.25, -0.2) is 9.78 Å². The van der Waals surface area contributed by atoms with E-state index in [0.717, 1.165) is 34.4 Å². The van der Waals surface area contributed by atoms with Gasteiger partial charge >= 0.3 is 6.09 Å². The van der Waals surface area contributed by atoms with Gasteiger partial charge in [0.1, 0.15) is 11.4 Å². The number of ether oxygens (including phenoxy) is 1. The molecule has 0 aliphatic carbocycles. The lowest BCUT2D eigenvalue weighted by Gasteiger charge is -2.27. The van der Waals surface area contributed by atoms with Gasteiger partial charge in [-0.3, -0.25) is 4.90 Å². The minimum absolute atomic E-state index is 0.0554. The number of hydrogen-bond donors (Lipinski definition) is 1. The second-order valence-electron chi connectivity index (χ2n) is 7.47. The molecule has 1 aliphatic heterocycles. The van der Waals surface area contributed by atoms with Gasteiger partial charge in [0, 0.05) is 22.8 Å². The maximum Gasteiger partial charge on any atom is 0.410 e. The van der Waals surface area contributed by atoms with Crippen LogP contribution in [0.25, 0.3) is 11.3 Å². The molecule has 1 aromatic heterocycles. The van der Waals surface area contributed by atoms with Gasteiger partial charge in [-0.05, 0) is 58.2 Å². The molecule has 1 atom stereocenters. The van der Waals surface area contributed by atoms with Crippen LogP contribution in [0.4, 0.5) is 4.79 Å². The first-order chi connectivity index (χ1) is 11.7. The Labute approximate surface area is 156 Å². The molecule has 5 nitrogen and oxygen atoms in total. The molecule has 2 aromatic rings. The second-order valence-corrected chi connectivity index (χ2v) is 8.32. The maximum atomic E-state index is 12.5. The molecule has 0 saturated carbocycles. The van der Waals surface area contributed by atoms with Gasteiger partial charge in [0.2, 0.25) is 0 Å². The molecule has 0 radical (unpaired) electrons. The van der Waals surface area contributed by atoms with Crippen LogP contribution in [0.2, 0.25) is 0 Å². The van der Waals surface area contributed by atoms with E-state index in [0.29, 0.717) is 6.54 Å². The van der Waals surface area contributed by atoms with Crippen LogP contribution in [0.15, 0.2) is 28.9 Å². The number of carbonyl (C=O) groups is 1. The first kappa shape index (κ1) is 18.0. The highest BCUT2D eigenvalue weighted by atomic mass is 79.9. The number of rotatable bonds is 2. The molecule has 25 heavy (non-hydrogen) atoms. The van der Waals surface area contributed by atoms with Crippen LogP contribution in [-0.2, 0) is 4.74 Å². The van der Waals surface area contributed by atoms with E-state index in [9.17, 15) is 4.79 Å². The number of aryl methyl sites for hydroxylation is 1. The Hall–Kier alpha value is -1.82. The third kappa shape index (κ3) is 4.06. The number of aromatic nitrogens is 2. The van der Waals surface area contributed by atoms with Gasteiger partial charge in [0.15, 0.2) is 0 Å². The number of hydrogen-bond acceptors (Lipinski definition) is 3. The normalized spacial score (nSPS) is 17.8. The molecule has 0 bridgehead atoms. The minimum Gasteiger partial charge on any atom is -0.444 e. The minimum atomic E-state index is -0.493. The molecular formula is C19H24BrN3O2. The van der Waals surface area contributed by atoms with E-state index < -0.39 is 5.60 Å². The Kier molecular flexibility index (Phi) is 4.91. The van der Waals surface area contributed by atoms with Gasteiger partial charge in [0.25, 0.3) is 0 Å². The first-order valence-electron chi connectivity index (χ1n) is 8.56. The molecule has 2 heterocycles. The zero-order valence-corrected chi connectivity index (χ0v) is 16.7. The van der Waals surface area contributed by atoms with E-state index in [1.54, 1.807) is 4.90 Å². The molecule has 134 valence electrons. The summed E-state index contributed by atoms with van der Waals surface area (Å²) in [6.45, 7) is 8.42. The molecule has 1 fully saturated rings. The second kappa shape index (κ2) is 6.83. The summed E-state index contributed by atoms with van der Waals surface area (Å²) in [4.78, 5) is 22.2. The van der Waals surface area contributed by atoms with Crippen LogP contribution in [0.3, 0.4) is 0 Å². The van der Waals surface area contributed by atoms with E-state index in [2.05, 4.69) is 33.9 Å². The van der Waals surface area contributed by atoms with E-state index in [1.165, 1.54) is 5.56 Å². The number of carbonyl (C=O) groups excluding carboxylic acids is 1. The number of aromatic amines is 1. The fourth-order valence-electron chi connectivity index (χ4n) is 3.05. The number of imidazole rings is 1. The smallest absolute Gasteiger partial charge is 0.410 e. The SMILES string of the molecule is Cc1cc(-c2c[nH]c([C@@H]3CCCN3C(=O)OC(C)(C)C)n2)ccc1Br. The number of nitrogens with zero attached hydrogens (tertiary/aromatic N) is 2. The zero-order valence-electron chi connectivity index (χ0n) is 15.1. The highest BCUT2D eigenvalue weighted by molar-refractivity contribution is 9.10. The molecular weight excluding hydrogens is 382 g/mol. The summed E-state index contributed by atoms with van der Waals surface area (Å²) in [6.07, 6.45) is 3.49. The number of likely N-dealkylation sites (tertiary alicyclic amines) is 1. The van der Waals surface area contributed by atoms with Gasteiger partial charge < -0.3 is 9.72 Å². The molecule has 1 saturated heterocycles. The molecule has 0 unspecified atom stereocenters. The Morgan fingerprint density at radius 3 is 2.84 bits per heavy atom. The molecule has 1 aromatic carbocycles. The van der Waals surface area contributed by atoms with Crippen molar-refractivity contribution >= 4 is 22.0 Å². The highest BCUT2D eigenvalue weighted by Crippen LogP contribution is 2.33. The molecule has 1 N–H and O–H groups in total. The van der Waals surface area contributed by atoms with Crippen LogP contribution >= 0.6 is 15.9 Å². The number of halogens is 1. The number of amides is 1. The van der Waals surface area contributed by atoms with Crippen molar-refractivity contribution in [2.45, 2.75) is 52.2 Å². The van der Waals surface area contributed by atoms with E-state index in [1.807, 2.05) is 39.1 Å². The molecule has 3 rings (SSSR count). The van der Waals surface area contributed by atoms with Crippen LogP contribution in [0.1, 0.15) is 51.0 Å². The fourth-order valence-corrected chi connectivity index (χ4v) is 3.30. The Morgan fingerprint density at radius 2 is 2.16 bits per heavy atom. The standard InChI is InChI=1S/C19H24BrN3O2/c1-12-10-13(7-8-14(12)20)15-11-21-17(22-15)16-6-5-9-23(16)18(24)25-19(2,3)4/h7-8,10-11,16H,5-6,9H2,1-4H3,(H,21,22)/t16-/m0/s1. The third-order valence-corrected chi connectivity index (χ3v) is 5.14.